The second-order valence-corrected chi connectivity index (χ2v) is 5.82. The highest BCUT2D eigenvalue weighted by atomic mass is 19.1. The molecular weight excluding hydrogens is 347 g/mol. The summed E-state index contributed by atoms with van der Waals surface area (Å²) in [5.41, 5.74) is 3.62. The van der Waals surface area contributed by atoms with Gasteiger partial charge in [-0.05, 0) is 48.5 Å². The zero-order valence-electron chi connectivity index (χ0n) is 14.6. The molecule has 3 aromatic rings. The standard InChI is InChI=1S/C21H17FN2O3/c1-14(25)27-13-21(26)23-18-5-2-4-16(12-18)20-7-3-6-19(24-20)15-8-10-17(22)11-9-15/h2-12H,13H2,1H3,(H,23,26). The number of anilines is 1. The first kappa shape index (κ1) is 18.3. The van der Waals surface area contributed by atoms with Gasteiger partial charge in [0.05, 0.1) is 11.4 Å². The van der Waals surface area contributed by atoms with E-state index in [1.54, 1.807) is 30.3 Å². The summed E-state index contributed by atoms with van der Waals surface area (Å²) < 4.78 is 17.8. The van der Waals surface area contributed by atoms with E-state index in [1.807, 2.05) is 24.3 Å². The average Bonchev–Trinajstić information content (AvgIpc) is 2.67. The molecule has 5 nitrogen and oxygen atoms in total. The second-order valence-electron chi connectivity index (χ2n) is 5.82. The molecule has 0 aliphatic heterocycles. The number of benzene rings is 2. The highest BCUT2D eigenvalue weighted by molar-refractivity contribution is 5.93. The number of hydrogen-bond donors (Lipinski definition) is 1. The van der Waals surface area contributed by atoms with Crippen LogP contribution in [0.2, 0.25) is 0 Å². The number of aromatic nitrogens is 1. The molecule has 1 N–H and O–H groups in total. The van der Waals surface area contributed by atoms with Crippen molar-refractivity contribution in [2.75, 3.05) is 11.9 Å². The lowest BCUT2D eigenvalue weighted by Gasteiger charge is -2.09. The lowest BCUT2D eigenvalue weighted by Crippen LogP contribution is -2.19. The van der Waals surface area contributed by atoms with E-state index in [0.29, 0.717) is 11.4 Å². The number of nitrogens with one attached hydrogen (secondary N) is 1. The molecule has 3 rings (SSSR count). The van der Waals surface area contributed by atoms with Crippen LogP contribution >= 0.6 is 0 Å². The topological polar surface area (TPSA) is 68.3 Å². The van der Waals surface area contributed by atoms with Crippen LogP contribution in [0.1, 0.15) is 6.92 Å². The minimum atomic E-state index is -0.513. The Morgan fingerprint density at radius 3 is 2.33 bits per heavy atom. The average molecular weight is 364 g/mol. The van der Waals surface area contributed by atoms with E-state index in [2.05, 4.69) is 15.0 Å². The van der Waals surface area contributed by atoms with E-state index in [9.17, 15) is 14.0 Å². The van der Waals surface area contributed by atoms with E-state index >= 15 is 0 Å². The third kappa shape index (κ3) is 4.98. The van der Waals surface area contributed by atoms with Crippen molar-refractivity contribution in [3.8, 4) is 22.5 Å². The van der Waals surface area contributed by atoms with Gasteiger partial charge in [0, 0.05) is 23.7 Å². The van der Waals surface area contributed by atoms with Gasteiger partial charge in [-0.2, -0.15) is 0 Å². The van der Waals surface area contributed by atoms with E-state index in [-0.39, 0.29) is 12.4 Å². The molecule has 1 heterocycles. The van der Waals surface area contributed by atoms with Gasteiger partial charge in [0.2, 0.25) is 0 Å². The number of ether oxygens (including phenoxy) is 1. The van der Waals surface area contributed by atoms with E-state index in [0.717, 1.165) is 16.8 Å². The van der Waals surface area contributed by atoms with Gasteiger partial charge in [-0.1, -0.05) is 18.2 Å². The Labute approximate surface area is 155 Å². The summed E-state index contributed by atoms with van der Waals surface area (Å²) in [4.78, 5) is 27.2. The van der Waals surface area contributed by atoms with Crippen molar-refractivity contribution in [2.45, 2.75) is 6.92 Å². The van der Waals surface area contributed by atoms with Crippen LogP contribution in [-0.4, -0.2) is 23.5 Å². The number of carbonyl (C=O) groups is 2. The lowest BCUT2D eigenvalue weighted by molar-refractivity contribution is -0.144. The number of hydrogen-bond acceptors (Lipinski definition) is 4. The largest absolute Gasteiger partial charge is 0.456 e. The molecule has 0 saturated carbocycles. The fraction of sp³-hybridized carbons (Fsp3) is 0.0952. The highest BCUT2D eigenvalue weighted by Gasteiger charge is 2.07. The third-order valence-electron chi connectivity index (χ3n) is 3.74. The predicted octanol–water partition coefficient (Wildman–Crippen LogP) is 4.06. The first-order valence-electron chi connectivity index (χ1n) is 8.28. The molecule has 0 spiro atoms. The van der Waals surface area contributed by atoms with Gasteiger partial charge < -0.3 is 10.1 Å². The smallest absolute Gasteiger partial charge is 0.303 e. The summed E-state index contributed by atoms with van der Waals surface area (Å²) in [5, 5.41) is 2.67. The molecule has 0 fully saturated rings. The summed E-state index contributed by atoms with van der Waals surface area (Å²) in [6, 6.07) is 18.9. The highest BCUT2D eigenvalue weighted by Crippen LogP contribution is 2.24. The Balaban J connectivity index is 1.80. The third-order valence-corrected chi connectivity index (χ3v) is 3.74. The molecule has 27 heavy (non-hydrogen) atoms. The Bertz CT molecular complexity index is 971. The number of nitrogens with zero attached hydrogens (tertiary/aromatic N) is 1. The number of halogens is 1. The van der Waals surface area contributed by atoms with Gasteiger partial charge in [0.15, 0.2) is 6.61 Å². The fourth-order valence-electron chi connectivity index (χ4n) is 2.50. The number of rotatable bonds is 5. The van der Waals surface area contributed by atoms with Gasteiger partial charge in [-0.3, -0.25) is 9.59 Å². The minimum Gasteiger partial charge on any atom is -0.456 e. The molecule has 136 valence electrons. The van der Waals surface area contributed by atoms with E-state index < -0.39 is 11.9 Å². The van der Waals surface area contributed by atoms with Crippen molar-refractivity contribution in [2.24, 2.45) is 0 Å². The Hall–Kier alpha value is -3.54. The van der Waals surface area contributed by atoms with Gasteiger partial charge in [0.25, 0.3) is 5.91 Å². The van der Waals surface area contributed by atoms with E-state index in [1.165, 1.54) is 19.1 Å². The molecule has 1 aromatic heterocycles. The number of esters is 1. The zero-order valence-corrected chi connectivity index (χ0v) is 14.6. The Morgan fingerprint density at radius 1 is 0.963 bits per heavy atom. The summed E-state index contributed by atoms with van der Waals surface area (Å²) in [6.45, 7) is 0.908. The molecule has 0 saturated heterocycles. The fourth-order valence-corrected chi connectivity index (χ4v) is 2.50. The Kier molecular flexibility index (Phi) is 5.56. The molecule has 0 atom stereocenters. The molecule has 0 unspecified atom stereocenters. The van der Waals surface area contributed by atoms with Gasteiger partial charge in [-0.25, -0.2) is 9.37 Å². The van der Waals surface area contributed by atoms with Crippen molar-refractivity contribution in [3.05, 3.63) is 72.5 Å². The maximum atomic E-state index is 13.1. The maximum Gasteiger partial charge on any atom is 0.303 e. The first-order chi connectivity index (χ1) is 13.0. The quantitative estimate of drug-likeness (QED) is 0.694. The molecule has 0 bridgehead atoms. The van der Waals surface area contributed by atoms with Crippen LogP contribution in [0.25, 0.3) is 22.5 Å². The maximum absolute atomic E-state index is 13.1. The van der Waals surface area contributed by atoms with Gasteiger partial charge in [-0.15, -0.1) is 0 Å². The molecule has 0 aliphatic rings. The molecule has 6 heteroatoms. The minimum absolute atomic E-state index is 0.299. The predicted molar refractivity (Wildman–Crippen MR) is 100 cm³/mol. The number of pyridine rings is 1. The second kappa shape index (κ2) is 8.23. The molecular formula is C21H17FN2O3. The van der Waals surface area contributed by atoms with Gasteiger partial charge in [0.1, 0.15) is 5.82 Å². The monoisotopic (exact) mass is 364 g/mol. The summed E-state index contributed by atoms with van der Waals surface area (Å²) in [7, 11) is 0. The number of carbonyl (C=O) groups excluding carboxylic acids is 2. The molecule has 1 amide bonds. The van der Waals surface area contributed by atoms with Crippen LogP contribution in [0.15, 0.2) is 66.7 Å². The summed E-state index contributed by atoms with van der Waals surface area (Å²) in [5.74, 6) is -1.23. The van der Waals surface area contributed by atoms with Crippen molar-refractivity contribution in [1.29, 1.82) is 0 Å². The first-order valence-corrected chi connectivity index (χ1v) is 8.28. The summed E-state index contributed by atoms with van der Waals surface area (Å²) in [6.07, 6.45) is 0. The van der Waals surface area contributed by atoms with Crippen LogP contribution < -0.4 is 5.32 Å². The summed E-state index contributed by atoms with van der Waals surface area (Å²) >= 11 is 0. The zero-order chi connectivity index (χ0) is 19.2. The molecule has 0 radical (unpaired) electrons. The van der Waals surface area contributed by atoms with Crippen molar-refractivity contribution >= 4 is 17.6 Å². The normalized spacial score (nSPS) is 10.3. The lowest BCUT2D eigenvalue weighted by atomic mass is 10.1. The SMILES string of the molecule is CC(=O)OCC(=O)Nc1cccc(-c2cccc(-c3ccc(F)cc3)n2)c1. The van der Waals surface area contributed by atoms with Crippen molar-refractivity contribution in [1.82, 2.24) is 4.98 Å². The van der Waals surface area contributed by atoms with Crippen LogP contribution in [0.4, 0.5) is 10.1 Å². The number of amides is 1. The molecule has 2 aromatic carbocycles. The van der Waals surface area contributed by atoms with Crippen LogP contribution in [0.5, 0.6) is 0 Å². The van der Waals surface area contributed by atoms with E-state index in [4.69, 9.17) is 0 Å². The van der Waals surface area contributed by atoms with Crippen LogP contribution in [0, 0.1) is 5.82 Å². The van der Waals surface area contributed by atoms with Crippen molar-refractivity contribution < 1.29 is 18.7 Å². The Morgan fingerprint density at radius 2 is 1.63 bits per heavy atom. The molecule has 0 aliphatic carbocycles. The van der Waals surface area contributed by atoms with Crippen LogP contribution in [0.3, 0.4) is 0 Å². The van der Waals surface area contributed by atoms with Gasteiger partial charge >= 0.3 is 5.97 Å². The van der Waals surface area contributed by atoms with Crippen LogP contribution in [-0.2, 0) is 14.3 Å². The van der Waals surface area contributed by atoms with Crippen molar-refractivity contribution in [3.63, 3.8) is 0 Å².